The lowest BCUT2D eigenvalue weighted by Crippen LogP contribution is -2.58. The number of rotatable bonds is 5. The zero-order valence-electron chi connectivity index (χ0n) is 15.0. The number of carbonyl (C=O) groups is 1. The minimum atomic E-state index is 0.120. The highest BCUT2D eigenvalue weighted by molar-refractivity contribution is 5.79. The summed E-state index contributed by atoms with van der Waals surface area (Å²) in [5.41, 5.74) is 0. The summed E-state index contributed by atoms with van der Waals surface area (Å²) in [5, 5.41) is 0. The molecule has 0 aromatic carbocycles. The maximum atomic E-state index is 12.5. The van der Waals surface area contributed by atoms with E-state index in [1.165, 1.54) is 0 Å². The van der Waals surface area contributed by atoms with E-state index in [0.29, 0.717) is 6.04 Å². The first-order valence-electron chi connectivity index (χ1n) is 9.49. The van der Waals surface area contributed by atoms with Crippen LogP contribution in [0.4, 0.5) is 0 Å². The number of hydrogen-bond acceptors (Lipinski definition) is 5. The fourth-order valence-electron chi connectivity index (χ4n) is 4.40. The average Bonchev–Trinajstić information content (AvgIpc) is 3.23. The zero-order chi connectivity index (χ0) is 17.2. The molecule has 3 saturated heterocycles. The first-order valence-corrected chi connectivity index (χ1v) is 9.49. The summed E-state index contributed by atoms with van der Waals surface area (Å²) in [6, 6.07) is 0.471. The van der Waals surface area contributed by atoms with Crippen molar-refractivity contribution in [2.24, 2.45) is 0 Å². The molecule has 7 nitrogen and oxygen atoms in total. The summed E-state index contributed by atoms with van der Waals surface area (Å²) < 4.78 is 13.6. The molecule has 7 heteroatoms. The number of aromatic nitrogens is 2. The molecule has 138 valence electrons. The summed E-state index contributed by atoms with van der Waals surface area (Å²) in [4.78, 5) is 21.6. The van der Waals surface area contributed by atoms with Crippen molar-refractivity contribution < 1.29 is 14.3 Å². The summed E-state index contributed by atoms with van der Waals surface area (Å²) in [6.07, 6.45) is 7.03. The molecule has 0 spiro atoms. The smallest absolute Gasteiger partial charge is 0.249 e. The number of carbonyl (C=O) groups excluding carboxylic acids is 1. The van der Waals surface area contributed by atoms with E-state index in [0.717, 1.165) is 64.5 Å². The van der Waals surface area contributed by atoms with E-state index in [9.17, 15) is 4.79 Å². The molecule has 0 saturated carbocycles. The molecule has 1 aromatic heterocycles. The third-order valence-electron chi connectivity index (χ3n) is 5.59. The average molecular weight is 348 g/mol. The lowest BCUT2D eigenvalue weighted by molar-refractivity contribution is -0.159. The van der Waals surface area contributed by atoms with Crippen molar-refractivity contribution in [1.29, 1.82) is 0 Å². The standard InChI is InChI=1S/C18H28N4O3/c1-2-6-21-7-5-19-17(21)12-20-10-15-16(11-20)25-13-18(23)22(15)14-3-8-24-9-4-14/h5,7,14-16H,2-4,6,8-13H2,1H3/t15-,16-/m0/s1. The molecular formula is C18H28N4O3. The van der Waals surface area contributed by atoms with Crippen LogP contribution in [0.3, 0.4) is 0 Å². The van der Waals surface area contributed by atoms with Crippen LogP contribution in [0.1, 0.15) is 32.0 Å². The Morgan fingerprint density at radius 1 is 1.28 bits per heavy atom. The van der Waals surface area contributed by atoms with E-state index in [-0.39, 0.29) is 24.7 Å². The monoisotopic (exact) mass is 348 g/mol. The Hall–Kier alpha value is -1.44. The molecular weight excluding hydrogens is 320 g/mol. The molecule has 0 radical (unpaired) electrons. The van der Waals surface area contributed by atoms with Gasteiger partial charge in [-0.15, -0.1) is 0 Å². The fourth-order valence-corrected chi connectivity index (χ4v) is 4.40. The Kier molecular flexibility index (Phi) is 5.05. The number of nitrogens with zero attached hydrogens (tertiary/aromatic N) is 4. The van der Waals surface area contributed by atoms with Crippen LogP contribution in [0.2, 0.25) is 0 Å². The van der Waals surface area contributed by atoms with Gasteiger partial charge in [-0.05, 0) is 19.3 Å². The molecule has 1 amide bonds. The second-order valence-electron chi connectivity index (χ2n) is 7.29. The molecule has 4 heterocycles. The van der Waals surface area contributed by atoms with Gasteiger partial charge in [-0.2, -0.15) is 0 Å². The van der Waals surface area contributed by atoms with Crippen LogP contribution in [0.15, 0.2) is 12.4 Å². The van der Waals surface area contributed by atoms with Gasteiger partial charge in [0.15, 0.2) is 0 Å². The fraction of sp³-hybridized carbons (Fsp3) is 0.778. The number of imidazole rings is 1. The SMILES string of the molecule is CCCn1ccnc1CN1C[C@@H]2OCC(=O)N(C3CCOCC3)[C@H]2C1. The summed E-state index contributed by atoms with van der Waals surface area (Å²) in [7, 11) is 0. The normalized spacial score (nSPS) is 28.5. The zero-order valence-corrected chi connectivity index (χ0v) is 15.0. The highest BCUT2D eigenvalue weighted by atomic mass is 16.5. The third kappa shape index (κ3) is 3.45. The highest BCUT2D eigenvalue weighted by Gasteiger charge is 2.45. The van der Waals surface area contributed by atoms with Gasteiger partial charge in [0, 0.05) is 51.3 Å². The van der Waals surface area contributed by atoms with Gasteiger partial charge in [0.05, 0.1) is 18.7 Å². The third-order valence-corrected chi connectivity index (χ3v) is 5.59. The van der Waals surface area contributed by atoms with Crippen LogP contribution in [-0.2, 0) is 27.4 Å². The number of hydrogen-bond donors (Lipinski definition) is 0. The van der Waals surface area contributed by atoms with Crippen molar-refractivity contribution >= 4 is 5.91 Å². The van der Waals surface area contributed by atoms with E-state index in [1.54, 1.807) is 0 Å². The Morgan fingerprint density at radius 2 is 2.12 bits per heavy atom. The number of amides is 1. The van der Waals surface area contributed by atoms with E-state index >= 15 is 0 Å². The predicted octanol–water partition coefficient (Wildman–Crippen LogP) is 0.884. The molecule has 3 aliphatic rings. The van der Waals surface area contributed by atoms with Crippen LogP contribution < -0.4 is 0 Å². The summed E-state index contributed by atoms with van der Waals surface area (Å²) in [6.45, 7) is 7.47. The van der Waals surface area contributed by atoms with Gasteiger partial charge in [-0.3, -0.25) is 9.69 Å². The van der Waals surface area contributed by atoms with E-state index in [1.807, 2.05) is 6.20 Å². The van der Waals surface area contributed by atoms with Gasteiger partial charge in [-0.1, -0.05) is 6.92 Å². The van der Waals surface area contributed by atoms with Gasteiger partial charge in [0.25, 0.3) is 0 Å². The molecule has 3 fully saturated rings. The van der Waals surface area contributed by atoms with Crippen molar-refractivity contribution in [2.75, 3.05) is 32.9 Å². The Morgan fingerprint density at radius 3 is 2.92 bits per heavy atom. The molecule has 4 rings (SSSR count). The van der Waals surface area contributed by atoms with E-state index in [2.05, 4.69) is 32.5 Å². The largest absolute Gasteiger partial charge is 0.381 e. The minimum Gasteiger partial charge on any atom is -0.381 e. The Labute approximate surface area is 148 Å². The van der Waals surface area contributed by atoms with Crippen LogP contribution in [0, 0.1) is 0 Å². The molecule has 0 unspecified atom stereocenters. The molecule has 0 aliphatic carbocycles. The Balaban J connectivity index is 1.45. The minimum absolute atomic E-state index is 0.120. The van der Waals surface area contributed by atoms with Crippen LogP contribution in [0.25, 0.3) is 0 Å². The Bertz CT molecular complexity index is 599. The van der Waals surface area contributed by atoms with Crippen molar-refractivity contribution in [2.45, 2.75) is 57.5 Å². The first-order chi connectivity index (χ1) is 12.3. The molecule has 1 aromatic rings. The second-order valence-corrected chi connectivity index (χ2v) is 7.29. The second kappa shape index (κ2) is 7.43. The number of aryl methyl sites for hydroxylation is 1. The number of morpholine rings is 1. The number of likely N-dealkylation sites (tertiary alicyclic amines) is 1. The van der Waals surface area contributed by atoms with Crippen LogP contribution >= 0.6 is 0 Å². The topological polar surface area (TPSA) is 59.8 Å². The van der Waals surface area contributed by atoms with E-state index in [4.69, 9.17) is 9.47 Å². The maximum Gasteiger partial charge on any atom is 0.249 e. The van der Waals surface area contributed by atoms with Gasteiger partial charge in [-0.25, -0.2) is 4.98 Å². The lowest BCUT2D eigenvalue weighted by atomic mass is 10.0. The van der Waals surface area contributed by atoms with Crippen molar-refractivity contribution in [1.82, 2.24) is 19.4 Å². The molecule has 25 heavy (non-hydrogen) atoms. The highest BCUT2D eigenvalue weighted by Crippen LogP contribution is 2.29. The summed E-state index contributed by atoms with van der Waals surface area (Å²) in [5.74, 6) is 1.24. The van der Waals surface area contributed by atoms with Crippen LogP contribution in [-0.4, -0.2) is 76.4 Å². The van der Waals surface area contributed by atoms with Gasteiger partial charge < -0.3 is 18.9 Å². The lowest BCUT2D eigenvalue weighted by Gasteiger charge is -2.43. The molecule has 2 atom stereocenters. The first kappa shape index (κ1) is 17.0. The molecule has 0 bridgehead atoms. The van der Waals surface area contributed by atoms with Gasteiger partial charge >= 0.3 is 0 Å². The van der Waals surface area contributed by atoms with Crippen molar-refractivity contribution in [3.63, 3.8) is 0 Å². The van der Waals surface area contributed by atoms with E-state index < -0.39 is 0 Å². The molecule has 0 N–H and O–H groups in total. The van der Waals surface area contributed by atoms with Crippen LogP contribution in [0.5, 0.6) is 0 Å². The molecule has 3 aliphatic heterocycles. The quantitative estimate of drug-likeness (QED) is 0.791. The number of ether oxygens (including phenoxy) is 2. The van der Waals surface area contributed by atoms with Gasteiger partial charge in [0.2, 0.25) is 5.91 Å². The predicted molar refractivity (Wildman–Crippen MR) is 92.0 cm³/mol. The maximum absolute atomic E-state index is 12.5. The van der Waals surface area contributed by atoms with Gasteiger partial charge in [0.1, 0.15) is 12.4 Å². The van der Waals surface area contributed by atoms with Crippen molar-refractivity contribution in [3.8, 4) is 0 Å². The number of fused-ring (bicyclic) bond motifs is 1. The summed E-state index contributed by atoms with van der Waals surface area (Å²) >= 11 is 0. The van der Waals surface area contributed by atoms with Crippen molar-refractivity contribution in [3.05, 3.63) is 18.2 Å².